The molecule has 1 aliphatic rings. The van der Waals surface area contributed by atoms with Gasteiger partial charge in [-0.15, -0.1) is 0 Å². The zero-order valence-corrected chi connectivity index (χ0v) is 8.43. The molecule has 2 rings (SSSR count). The van der Waals surface area contributed by atoms with E-state index in [0.717, 1.165) is 17.4 Å². The van der Waals surface area contributed by atoms with Gasteiger partial charge in [-0.3, -0.25) is 0 Å². The zero-order valence-electron chi connectivity index (χ0n) is 7.62. The third kappa shape index (κ3) is 2.63. The Labute approximate surface area is 81.5 Å². The second-order valence-corrected chi connectivity index (χ2v) is 3.93. The highest BCUT2D eigenvalue weighted by Crippen LogP contribution is 2.25. The minimum atomic E-state index is 0.656. The molecule has 72 valence electrons. The van der Waals surface area contributed by atoms with E-state index in [9.17, 15) is 0 Å². The number of anilines is 1. The number of rotatable bonds is 5. The smallest absolute Gasteiger partial charge is 0.202 e. The summed E-state index contributed by atoms with van der Waals surface area (Å²) in [6.45, 7) is 0.694. The van der Waals surface area contributed by atoms with E-state index in [0.29, 0.717) is 12.6 Å². The number of hydrogen-bond acceptors (Lipinski definition) is 5. The van der Waals surface area contributed by atoms with Crippen molar-refractivity contribution in [2.24, 2.45) is 0 Å². The fourth-order valence-electron chi connectivity index (χ4n) is 1.01. The van der Waals surface area contributed by atoms with Gasteiger partial charge in [-0.1, -0.05) is 0 Å². The summed E-state index contributed by atoms with van der Waals surface area (Å²) < 4.78 is 9.18. The molecule has 1 N–H and O–H groups in total. The van der Waals surface area contributed by atoms with Gasteiger partial charge in [-0.2, -0.15) is 4.37 Å². The molecular weight excluding hydrogens is 186 g/mol. The lowest BCUT2D eigenvalue weighted by atomic mass is 10.4. The molecule has 1 heterocycles. The van der Waals surface area contributed by atoms with Gasteiger partial charge in [0.2, 0.25) is 5.13 Å². The van der Waals surface area contributed by atoms with E-state index in [1.165, 1.54) is 24.4 Å². The molecule has 5 heteroatoms. The van der Waals surface area contributed by atoms with Crippen LogP contribution in [-0.2, 0) is 11.2 Å². The number of aromatic nitrogens is 2. The summed E-state index contributed by atoms with van der Waals surface area (Å²) in [4.78, 5) is 4.34. The predicted molar refractivity (Wildman–Crippen MR) is 52.1 cm³/mol. The number of methoxy groups -OCH3 is 1. The highest BCUT2D eigenvalue weighted by atomic mass is 32.1. The molecule has 0 radical (unpaired) electrons. The van der Waals surface area contributed by atoms with Crippen molar-refractivity contribution in [1.29, 1.82) is 0 Å². The third-order valence-corrected chi connectivity index (χ3v) is 2.59. The van der Waals surface area contributed by atoms with Crippen LogP contribution >= 0.6 is 11.5 Å². The van der Waals surface area contributed by atoms with Crippen LogP contribution in [0.1, 0.15) is 18.7 Å². The maximum atomic E-state index is 4.95. The summed E-state index contributed by atoms with van der Waals surface area (Å²) in [5.74, 6) is 0.884. The van der Waals surface area contributed by atoms with E-state index in [1.54, 1.807) is 7.11 Å². The highest BCUT2D eigenvalue weighted by Gasteiger charge is 2.22. The van der Waals surface area contributed by atoms with Gasteiger partial charge in [-0.25, -0.2) is 4.98 Å². The van der Waals surface area contributed by atoms with Crippen molar-refractivity contribution in [1.82, 2.24) is 9.36 Å². The molecule has 0 spiro atoms. The first-order chi connectivity index (χ1) is 6.38. The monoisotopic (exact) mass is 199 g/mol. The number of hydrogen-bond donors (Lipinski definition) is 1. The van der Waals surface area contributed by atoms with Gasteiger partial charge in [0.15, 0.2) is 0 Å². The van der Waals surface area contributed by atoms with Gasteiger partial charge in [0.25, 0.3) is 0 Å². The quantitative estimate of drug-likeness (QED) is 0.776. The largest absolute Gasteiger partial charge is 0.384 e. The molecule has 1 aliphatic carbocycles. The SMILES string of the molecule is COCCc1nsc(NC2CC2)n1. The summed E-state index contributed by atoms with van der Waals surface area (Å²) in [7, 11) is 1.69. The molecule has 0 aromatic carbocycles. The lowest BCUT2D eigenvalue weighted by molar-refractivity contribution is 0.201. The Hall–Kier alpha value is -0.680. The molecule has 0 bridgehead atoms. The lowest BCUT2D eigenvalue weighted by Crippen LogP contribution is -2.01. The summed E-state index contributed by atoms with van der Waals surface area (Å²) in [6, 6.07) is 0.656. The second-order valence-electron chi connectivity index (χ2n) is 3.18. The third-order valence-electron chi connectivity index (χ3n) is 1.90. The molecular formula is C8H13N3OS. The first-order valence-corrected chi connectivity index (χ1v) is 5.24. The van der Waals surface area contributed by atoms with Crippen molar-refractivity contribution >= 4 is 16.7 Å². The fraction of sp³-hybridized carbons (Fsp3) is 0.750. The van der Waals surface area contributed by atoms with E-state index in [1.807, 2.05) is 0 Å². The average molecular weight is 199 g/mol. The number of nitrogens with zero attached hydrogens (tertiary/aromatic N) is 2. The molecule has 1 aromatic rings. The van der Waals surface area contributed by atoms with Crippen molar-refractivity contribution in [2.75, 3.05) is 19.0 Å². The van der Waals surface area contributed by atoms with Crippen LogP contribution in [0.25, 0.3) is 0 Å². The van der Waals surface area contributed by atoms with Crippen LogP contribution in [0.4, 0.5) is 5.13 Å². The van der Waals surface area contributed by atoms with Gasteiger partial charge in [0.05, 0.1) is 6.61 Å². The second kappa shape index (κ2) is 4.02. The van der Waals surface area contributed by atoms with E-state index >= 15 is 0 Å². The first kappa shape index (κ1) is 8.90. The number of nitrogens with one attached hydrogen (secondary N) is 1. The van der Waals surface area contributed by atoms with Crippen LogP contribution in [0.3, 0.4) is 0 Å². The molecule has 1 saturated carbocycles. The summed E-state index contributed by atoms with van der Waals surface area (Å²) >= 11 is 1.44. The maximum Gasteiger partial charge on any atom is 0.202 e. The van der Waals surface area contributed by atoms with Gasteiger partial charge < -0.3 is 10.1 Å². The van der Waals surface area contributed by atoms with Crippen LogP contribution in [0, 0.1) is 0 Å². The lowest BCUT2D eigenvalue weighted by Gasteiger charge is -1.95. The molecule has 0 aliphatic heterocycles. The van der Waals surface area contributed by atoms with Crippen LogP contribution in [0.5, 0.6) is 0 Å². The molecule has 0 unspecified atom stereocenters. The first-order valence-electron chi connectivity index (χ1n) is 4.46. The van der Waals surface area contributed by atoms with Crippen molar-refractivity contribution in [2.45, 2.75) is 25.3 Å². The van der Waals surface area contributed by atoms with E-state index < -0.39 is 0 Å². The standard InChI is InChI=1S/C8H13N3OS/c1-12-5-4-7-10-8(13-11-7)9-6-2-3-6/h6H,2-5H2,1H3,(H,9,10,11). The molecule has 1 fully saturated rings. The van der Waals surface area contributed by atoms with Gasteiger partial charge >= 0.3 is 0 Å². The van der Waals surface area contributed by atoms with E-state index in [4.69, 9.17) is 4.74 Å². The van der Waals surface area contributed by atoms with Crippen molar-refractivity contribution < 1.29 is 4.74 Å². The Morgan fingerprint density at radius 2 is 2.46 bits per heavy atom. The summed E-state index contributed by atoms with van der Waals surface area (Å²) in [6.07, 6.45) is 3.35. The molecule has 1 aromatic heterocycles. The van der Waals surface area contributed by atoms with Gasteiger partial charge in [0.1, 0.15) is 5.82 Å². The average Bonchev–Trinajstić information content (AvgIpc) is 2.81. The Morgan fingerprint density at radius 1 is 1.62 bits per heavy atom. The number of ether oxygens (including phenoxy) is 1. The summed E-state index contributed by atoms with van der Waals surface area (Å²) in [5.41, 5.74) is 0. The molecule has 0 amide bonds. The Morgan fingerprint density at radius 3 is 3.15 bits per heavy atom. The zero-order chi connectivity index (χ0) is 9.10. The topological polar surface area (TPSA) is 47.0 Å². The minimum absolute atomic E-state index is 0.656. The molecule has 0 atom stereocenters. The summed E-state index contributed by atoms with van der Waals surface area (Å²) in [5, 5.41) is 4.27. The van der Waals surface area contributed by atoms with Crippen LogP contribution < -0.4 is 5.32 Å². The minimum Gasteiger partial charge on any atom is -0.384 e. The predicted octanol–water partition coefficient (Wildman–Crippen LogP) is 1.30. The van der Waals surface area contributed by atoms with Crippen LogP contribution in [0.15, 0.2) is 0 Å². The van der Waals surface area contributed by atoms with Crippen molar-refractivity contribution in [3.63, 3.8) is 0 Å². The molecule has 0 saturated heterocycles. The van der Waals surface area contributed by atoms with E-state index in [-0.39, 0.29) is 0 Å². The van der Waals surface area contributed by atoms with Crippen molar-refractivity contribution in [3.05, 3.63) is 5.82 Å². The maximum absolute atomic E-state index is 4.95. The van der Waals surface area contributed by atoms with Gasteiger partial charge in [-0.05, 0) is 12.8 Å². The normalized spacial score (nSPS) is 16.1. The van der Waals surface area contributed by atoms with Crippen LogP contribution in [0.2, 0.25) is 0 Å². The van der Waals surface area contributed by atoms with Gasteiger partial charge in [0, 0.05) is 31.1 Å². The Bertz CT molecular complexity index is 272. The Balaban J connectivity index is 1.84. The molecule has 4 nitrogen and oxygen atoms in total. The van der Waals surface area contributed by atoms with Crippen molar-refractivity contribution in [3.8, 4) is 0 Å². The molecule has 13 heavy (non-hydrogen) atoms. The Kier molecular flexibility index (Phi) is 2.75. The fourth-order valence-corrected chi connectivity index (χ4v) is 1.70. The highest BCUT2D eigenvalue weighted by molar-refractivity contribution is 7.09. The van der Waals surface area contributed by atoms with Crippen LogP contribution in [-0.4, -0.2) is 29.1 Å². The van der Waals surface area contributed by atoms with E-state index in [2.05, 4.69) is 14.7 Å².